The van der Waals surface area contributed by atoms with Gasteiger partial charge in [0.05, 0.1) is 19.2 Å². The van der Waals surface area contributed by atoms with E-state index in [1.807, 2.05) is 18.0 Å². The Morgan fingerprint density at radius 2 is 2.26 bits per heavy atom. The largest absolute Gasteiger partial charge is 0.381 e. The Bertz CT molecular complexity index is 409. The van der Waals surface area contributed by atoms with Gasteiger partial charge < -0.3 is 9.64 Å². The number of hydrogen-bond acceptors (Lipinski definition) is 3. The Hall–Kier alpha value is -1.36. The van der Waals surface area contributed by atoms with E-state index < -0.39 is 0 Å². The lowest BCUT2D eigenvalue weighted by atomic mass is 9.91. The van der Waals surface area contributed by atoms with Gasteiger partial charge in [-0.1, -0.05) is 0 Å². The number of aromatic amines is 1. The molecule has 106 valence electrons. The number of likely N-dealkylation sites (tertiary alicyclic amines) is 1. The number of nitrogens with zero attached hydrogens (tertiary/aromatic N) is 2. The van der Waals surface area contributed by atoms with Crippen LogP contribution in [0.15, 0.2) is 6.20 Å². The van der Waals surface area contributed by atoms with Crippen molar-refractivity contribution in [2.45, 2.75) is 39.0 Å². The lowest BCUT2D eigenvalue weighted by Crippen LogP contribution is -2.38. The summed E-state index contributed by atoms with van der Waals surface area (Å²) in [5.41, 5.74) is 2.46. The Morgan fingerprint density at radius 1 is 1.53 bits per heavy atom. The van der Waals surface area contributed by atoms with Crippen LogP contribution < -0.4 is 0 Å². The molecular weight excluding hydrogens is 242 g/mol. The third-order valence-electron chi connectivity index (χ3n) is 3.79. The summed E-state index contributed by atoms with van der Waals surface area (Å²) in [7, 11) is 0. The van der Waals surface area contributed by atoms with Gasteiger partial charge in [-0.3, -0.25) is 9.89 Å². The van der Waals surface area contributed by atoms with Crippen molar-refractivity contribution in [1.82, 2.24) is 15.1 Å². The van der Waals surface area contributed by atoms with Crippen LogP contribution in [-0.2, 0) is 9.53 Å². The number of aryl methyl sites for hydroxylation is 1. The Morgan fingerprint density at radius 3 is 2.84 bits per heavy atom. The van der Waals surface area contributed by atoms with Crippen molar-refractivity contribution in [3.05, 3.63) is 17.5 Å². The average Bonchev–Trinajstić information content (AvgIpc) is 2.85. The number of hydrogen-bond donors (Lipinski definition) is 1. The molecule has 2 rings (SSSR count). The molecule has 1 aromatic heterocycles. The first-order valence-corrected chi connectivity index (χ1v) is 7.07. The summed E-state index contributed by atoms with van der Waals surface area (Å²) in [6.45, 7) is 6.92. The molecule has 0 unspecified atom stereocenters. The molecule has 1 saturated heterocycles. The fraction of sp³-hybridized carbons (Fsp3) is 0.714. The predicted octanol–water partition coefficient (Wildman–Crippen LogP) is 1.85. The molecule has 1 N–H and O–H groups in total. The minimum atomic E-state index is 0.216. The topological polar surface area (TPSA) is 58.2 Å². The number of piperidine rings is 1. The normalized spacial score (nSPS) is 16.8. The van der Waals surface area contributed by atoms with E-state index in [1.165, 1.54) is 11.3 Å². The van der Waals surface area contributed by atoms with E-state index in [0.29, 0.717) is 25.6 Å². The van der Waals surface area contributed by atoms with Crippen LogP contribution in [0.25, 0.3) is 0 Å². The van der Waals surface area contributed by atoms with E-state index in [9.17, 15) is 4.79 Å². The van der Waals surface area contributed by atoms with Crippen LogP contribution >= 0.6 is 0 Å². The van der Waals surface area contributed by atoms with E-state index in [0.717, 1.165) is 25.9 Å². The molecule has 1 aliphatic heterocycles. The molecule has 0 bridgehead atoms. The lowest BCUT2D eigenvalue weighted by Gasteiger charge is -2.31. The van der Waals surface area contributed by atoms with Crippen LogP contribution in [0.5, 0.6) is 0 Å². The second-order valence-corrected chi connectivity index (χ2v) is 5.07. The van der Waals surface area contributed by atoms with Crippen molar-refractivity contribution in [3.63, 3.8) is 0 Å². The Labute approximate surface area is 114 Å². The average molecular weight is 265 g/mol. The van der Waals surface area contributed by atoms with Gasteiger partial charge in [-0.15, -0.1) is 0 Å². The van der Waals surface area contributed by atoms with Gasteiger partial charge in [-0.25, -0.2) is 0 Å². The molecular formula is C14H23N3O2. The van der Waals surface area contributed by atoms with Crippen LogP contribution in [0.3, 0.4) is 0 Å². The second-order valence-electron chi connectivity index (χ2n) is 5.07. The summed E-state index contributed by atoms with van der Waals surface area (Å²) in [5, 5.41) is 7.17. The van der Waals surface area contributed by atoms with Crippen molar-refractivity contribution in [3.8, 4) is 0 Å². The highest BCUT2D eigenvalue weighted by Gasteiger charge is 2.25. The van der Waals surface area contributed by atoms with Crippen molar-refractivity contribution < 1.29 is 9.53 Å². The van der Waals surface area contributed by atoms with Crippen LogP contribution in [0.2, 0.25) is 0 Å². The summed E-state index contributed by atoms with van der Waals surface area (Å²) in [5.74, 6) is 0.728. The first kappa shape index (κ1) is 14.1. The molecule has 0 saturated carbocycles. The van der Waals surface area contributed by atoms with Crippen LogP contribution in [0.4, 0.5) is 0 Å². The molecule has 19 heavy (non-hydrogen) atoms. The minimum absolute atomic E-state index is 0.216. The predicted molar refractivity (Wildman–Crippen MR) is 73.0 cm³/mol. The molecule has 5 nitrogen and oxygen atoms in total. The monoisotopic (exact) mass is 265 g/mol. The zero-order chi connectivity index (χ0) is 13.7. The van der Waals surface area contributed by atoms with Gasteiger partial charge in [0, 0.05) is 31.3 Å². The zero-order valence-electron chi connectivity index (χ0n) is 11.8. The van der Waals surface area contributed by atoms with Gasteiger partial charge in [0.15, 0.2) is 0 Å². The summed E-state index contributed by atoms with van der Waals surface area (Å²) in [6.07, 6.45) is 4.41. The molecule has 0 radical (unpaired) electrons. The van der Waals surface area contributed by atoms with Gasteiger partial charge in [0.1, 0.15) is 0 Å². The molecule has 0 aliphatic carbocycles. The van der Waals surface area contributed by atoms with Crippen molar-refractivity contribution in [2.24, 2.45) is 0 Å². The van der Waals surface area contributed by atoms with Gasteiger partial charge >= 0.3 is 0 Å². The summed E-state index contributed by atoms with van der Waals surface area (Å²) in [4.78, 5) is 13.9. The fourth-order valence-corrected chi connectivity index (χ4v) is 2.65. The third kappa shape index (κ3) is 3.56. The van der Waals surface area contributed by atoms with E-state index >= 15 is 0 Å². The Kier molecular flexibility index (Phi) is 4.96. The molecule has 1 fully saturated rings. The number of amides is 1. The number of rotatable bonds is 5. The maximum absolute atomic E-state index is 12.0. The SMILES string of the molecule is CCOCCC(=O)N1CCC(c2[nH]ncc2C)CC1. The minimum Gasteiger partial charge on any atom is -0.381 e. The highest BCUT2D eigenvalue weighted by Crippen LogP contribution is 2.28. The van der Waals surface area contributed by atoms with E-state index in [1.54, 1.807) is 0 Å². The van der Waals surface area contributed by atoms with E-state index in [-0.39, 0.29) is 5.91 Å². The Balaban J connectivity index is 1.79. The van der Waals surface area contributed by atoms with Crippen molar-refractivity contribution in [1.29, 1.82) is 0 Å². The van der Waals surface area contributed by atoms with Gasteiger partial charge in [-0.2, -0.15) is 5.10 Å². The highest BCUT2D eigenvalue weighted by molar-refractivity contribution is 5.76. The van der Waals surface area contributed by atoms with Gasteiger partial charge in [0.2, 0.25) is 5.91 Å². The third-order valence-corrected chi connectivity index (χ3v) is 3.79. The molecule has 1 aliphatic rings. The van der Waals surface area contributed by atoms with E-state index in [2.05, 4.69) is 17.1 Å². The molecule has 1 aromatic rings. The first-order chi connectivity index (χ1) is 9.22. The molecule has 0 atom stereocenters. The summed E-state index contributed by atoms with van der Waals surface area (Å²) >= 11 is 0. The molecule has 5 heteroatoms. The van der Waals surface area contributed by atoms with Gasteiger partial charge in [0.25, 0.3) is 0 Å². The number of nitrogens with one attached hydrogen (secondary N) is 1. The lowest BCUT2D eigenvalue weighted by molar-refractivity contribution is -0.133. The zero-order valence-corrected chi connectivity index (χ0v) is 11.8. The number of ether oxygens (including phenoxy) is 1. The first-order valence-electron chi connectivity index (χ1n) is 7.07. The number of aromatic nitrogens is 2. The van der Waals surface area contributed by atoms with E-state index in [4.69, 9.17) is 4.74 Å². The number of carbonyl (C=O) groups is 1. The van der Waals surface area contributed by atoms with Gasteiger partial charge in [-0.05, 0) is 32.3 Å². The molecule has 1 amide bonds. The van der Waals surface area contributed by atoms with Crippen LogP contribution in [-0.4, -0.2) is 47.3 Å². The van der Waals surface area contributed by atoms with Crippen LogP contribution in [0, 0.1) is 6.92 Å². The fourth-order valence-electron chi connectivity index (χ4n) is 2.65. The highest BCUT2D eigenvalue weighted by atomic mass is 16.5. The second kappa shape index (κ2) is 6.70. The smallest absolute Gasteiger partial charge is 0.224 e. The maximum Gasteiger partial charge on any atom is 0.224 e. The quantitative estimate of drug-likeness (QED) is 0.827. The standard InChI is InChI=1S/C14H23N3O2/c1-3-19-9-6-13(18)17-7-4-12(5-8-17)14-11(2)10-15-16-14/h10,12H,3-9H2,1-2H3,(H,15,16). The molecule has 0 spiro atoms. The van der Waals surface area contributed by atoms with Crippen molar-refractivity contribution in [2.75, 3.05) is 26.3 Å². The number of H-pyrrole nitrogens is 1. The summed E-state index contributed by atoms with van der Waals surface area (Å²) in [6, 6.07) is 0. The van der Waals surface area contributed by atoms with Crippen LogP contribution in [0.1, 0.15) is 43.4 Å². The molecule has 0 aromatic carbocycles. The molecule has 2 heterocycles. The number of carbonyl (C=O) groups excluding carboxylic acids is 1. The summed E-state index contributed by atoms with van der Waals surface area (Å²) < 4.78 is 5.23. The van der Waals surface area contributed by atoms with Crippen molar-refractivity contribution >= 4 is 5.91 Å². The maximum atomic E-state index is 12.0.